The highest BCUT2D eigenvalue weighted by Crippen LogP contribution is 2.24. The molecule has 1 heterocycles. The number of aryl methyl sites for hydroxylation is 1. The Hall–Kier alpha value is -4.23. The lowest BCUT2D eigenvalue weighted by Gasteiger charge is -2.21. The molecule has 4 rings (SSSR count). The third-order valence-electron chi connectivity index (χ3n) is 5.70. The van der Waals surface area contributed by atoms with Gasteiger partial charge in [-0.2, -0.15) is 9.57 Å². The van der Waals surface area contributed by atoms with E-state index >= 15 is 0 Å². The molecule has 0 spiro atoms. The molecule has 0 fully saturated rings. The molecule has 1 amide bonds. The summed E-state index contributed by atoms with van der Waals surface area (Å²) in [6.45, 7) is 1.83. The van der Waals surface area contributed by atoms with Gasteiger partial charge in [0.05, 0.1) is 11.4 Å². The molecule has 7 nitrogen and oxygen atoms in total. The van der Waals surface area contributed by atoms with Gasteiger partial charge >= 0.3 is 0 Å². The monoisotopic (exact) mass is 563 g/mol. The largest absolute Gasteiger partial charge is 0.460 e. The highest BCUT2D eigenvalue weighted by atomic mass is 35.5. The summed E-state index contributed by atoms with van der Waals surface area (Å²) in [6.07, 6.45) is 1.25. The molecule has 1 aromatic heterocycles. The molecule has 0 aliphatic carbocycles. The minimum Gasteiger partial charge on any atom is -0.460 e. The van der Waals surface area contributed by atoms with Crippen LogP contribution < -0.4 is 5.32 Å². The van der Waals surface area contributed by atoms with Crippen molar-refractivity contribution >= 4 is 39.3 Å². The number of carbonyl (C=O) groups excluding carboxylic acids is 1. The molecule has 0 saturated carbocycles. The summed E-state index contributed by atoms with van der Waals surface area (Å²) in [5, 5.41) is 12.5. The second-order valence-corrected chi connectivity index (χ2v) is 11.0. The van der Waals surface area contributed by atoms with Crippen LogP contribution in [-0.4, -0.2) is 18.6 Å². The maximum absolute atomic E-state index is 13.6. The molecule has 1 N–H and O–H groups in total. The van der Waals surface area contributed by atoms with Gasteiger partial charge in [-0.25, -0.2) is 12.8 Å². The number of carbonyl (C=O) groups is 1. The Morgan fingerprint density at radius 1 is 1.00 bits per heavy atom. The first kappa shape index (κ1) is 27.8. The van der Waals surface area contributed by atoms with Crippen LogP contribution in [0.25, 0.3) is 6.08 Å². The quantitative estimate of drug-likeness (QED) is 0.190. The molecule has 39 heavy (non-hydrogen) atoms. The van der Waals surface area contributed by atoms with Gasteiger partial charge in [-0.3, -0.25) is 4.79 Å². The maximum atomic E-state index is 13.6. The van der Waals surface area contributed by atoms with Crippen LogP contribution in [0.1, 0.15) is 22.6 Å². The van der Waals surface area contributed by atoms with E-state index in [1.807, 2.05) is 13.0 Å². The van der Waals surface area contributed by atoms with Crippen molar-refractivity contribution in [3.63, 3.8) is 0 Å². The predicted molar refractivity (Wildman–Crippen MR) is 146 cm³/mol. The van der Waals surface area contributed by atoms with Crippen LogP contribution in [0, 0.1) is 24.1 Å². The fraction of sp³-hybridized carbons (Fsp3) is 0.103. The Bertz CT molecular complexity index is 1640. The van der Waals surface area contributed by atoms with E-state index in [-0.39, 0.29) is 29.3 Å². The van der Waals surface area contributed by atoms with E-state index in [9.17, 15) is 22.9 Å². The minimum atomic E-state index is -3.91. The molecular weight excluding hydrogens is 541 g/mol. The van der Waals surface area contributed by atoms with Gasteiger partial charge in [-0.15, -0.1) is 0 Å². The highest BCUT2D eigenvalue weighted by Gasteiger charge is 2.26. The fourth-order valence-electron chi connectivity index (χ4n) is 3.63. The summed E-state index contributed by atoms with van der Waals surface area (Å²) in [7, 11) is -3.91. The van der Waals surface area contributed by atoms with E-state index in [0.29, 0.717) is 16.5 Å². The number of rotatable bonds is 9. The van der Waals surface area contributed by atoms with E-state index in [2.05, 4.69) is 5.32 Å². The molecule has 4 aromatic rings. The molecule has 3 aromatic carbocycles. The van der Waals surface area contributed by atoms with Crippen LogP contribution in [0.15, 0.2) is 99.8 Å². The lowest BCUT2D eigenvalue weighted by Crippen LogP contribution is -2.30. The van der Waals surface area contributed by atoms with E-state index in [1.54, 1.807) is 54.6 Å². The average Bonchev–Trinajstić information content (AvgIpc) is 3.36. The summed E-state index contributed by atoms with van der Waals surface area (Å²) in [4.78, 5) is 12.7. The normalized spacial score (nSPS) is 11.8. The smallest absolute Gasteiger partial charge is 0.266 e. The van der Waals surface area contributed by atoms with Crippen molar-refractivity contribution in [2.45, 2.75) is 24.9 Å². The number of nitrogens with zero attached hydrogens (tertiary/aromatic N) is 2. The first-order chi connectivity index (χ1) is 18.6. The van der Waals surface area contributed by atoms with Crippen LogP contribution in [0.2, 0.25) is 5.02 Å². The lowest BCUT2D eigenvalue weighted by atomic mass is 10.2. The topological polar surface area (TPSA) is 103 Å². The zero-order valence-corrected chi connectivity index (χ0v) is 22.3. The number of anilines is 1. The second kappa shape index (κ2) is 12.1. The Balaban J connectivity index is 1.57. The molecule has 0 aliphatic rings. The Kier molecular flexibility index (Phi) is 8.62. The fourth-order valence-corrected chi connectivity index (χ4v) is 5.15. The number of benzene rings is 3. The Labute approximate surface area is 230 Å². The van der Waals surface area contributed by atoms with Crippen LogP contribution in [0.3, 0.4) is 0 Å². The third-order valence-corrected chi connectivity index (χ3v) is 7.76. The van der Waals surface area contributed by atoms with Crippen LogP contribution in [-0.2, 0) is 27.9 Å². The Morgan fingerprint density at radius 3 is 2.31 bits per heavy atom. The number of furan rings is 1. The SMILES string of the molecule is Cc1ccc(S(=O)(=O)N(Cc2ccc(Cl)cc2)Cc2ccc(/C=C(/C#N)C(=O)Nc3ccc(F)cc3)o2)cc1. The van der Waals surface area contributed by atoms with Crippen molar-refractivity contribution in [1.82, 2.24) is 4.31 Å². The summed E-state index contributed by atoms with van der Waals surface area (Å²) >= 11 is 5.99. The van der Waals surface area contributed by atoms with Gasteiger partial charge in [0.2, 0.25) is 10.0 Å². The molecule has 0 radical (unpaired) electrons. The van der Waals surface area contributed by atoms with Crippen LogP contribution in [0.4, 0.5) is 10.1 Å². The lowest BCUT2D eigenvalue weighted by molar-refractivity contribution is -0.112. The third kappa shape index (κ3) is 7.21. The van der Waals surface area contributed by atoms with Crippen molar-refractivity contribution in [3.05, 3.63) is 124 Å². The predicted octanol–water partition coefficient (Wildman–Crippen LogP) is 6.32. The summed E-state index contributed by atoms with van der Waals surface area (Å²) in [5.41, 5.74) is 1.73. The molecule has 0 atom stereocenters. The van der Waals surface area contributed by atoms with Gasteiger partial charge in [0, 0.05) is 23.3 Å². The van der Waals surface area contributed by atoms with Crippen molar-refractivity contribution < 1.29 is 22.0 Å². The first-order valence-electron chi connectivity index (χ1n) is 11.7. The van der Waals surface area contributed by atoms with Crippen molar-refractivity contribution in [2.75, 3.05) is 5.32 Å². The molecule has 0 unspecified atom stereocenters. The zero-order chi connectivity index (χ0) is 28.0. The first-order valence-corrected chi connectivity index (χ1v) is 13.5. The van der Waals surface area contributed by atoms with Crippen molar-refractivity contribution in [2.24, 2.45) is 0 Å². The summed E-state index contributed by atoms with van der Waals surface area (Å²) in [5.74, 6) is -0.660. The number of nitrogens with one attached hydrogen (secondary N) is 1. The maximum Gasteiger partial charge on any atom is 0.266 e. The highest BCUT2D eigenvalue weighted by molar-refractivity contribution is 7.89. The zero-order valence-electron chi connectivity index (χ0n) is 20.8. The van der Waals surface area contributed by atoms with Gasteiger partial charge in [0.25, 0.3) is 5.91 Å². The molecule has 198 valence electrons. The number of hydrogen-bond acceptors (Lipinski definition) is 5. The van der Waals surface area contributed by atoms with Gasteiger partial charge < -0.3 is 9.73 Å². The van der Waals surface area contributed by atoms with E-state index in [4.69, 9.17) is 16.0 Å². The van der Waals surface area contributed by atoms with E-state index < -0.39 is 21.7 Å². The van der Waals surface area contributed by atoms with Crippen molar-refractivity contribution in [1.29, 1.82) is 5.26 Å². The van der Waals surface area contributed by atoms with Gasteiger partial charge in [0.1, 0.15) is 29.0 Å². The standard InChI is InChI=1S/C29H23ClFN3O4S/c1-20-2-14-28(15-3-20)39(36,37)34(18-21-4-6-23(30)7-5-21)19-27-13-12-26(38-27)16-22(17-32)29(35)33-25-10-8-24(31)9-11-25/h2-16H,18-19H2,1H3,(H,33,35)/b22-16-. The molecule has 10 heteroatoms. The van der Waals surface area contributed by atoms with E-state index in [0.717, 1.165) is 11.1 Å². The number of amides is 1. The van der Waals surface area contributed by atoms with Gasteiger partial charge in [0.15, 0.2) is 0 Å². The summed E-state index contributed by atoms with van der Waals surface area (Å²) < 4.78 is 47.3. The average molecular weight is 564 g/mol. The molecule has 0 saturated heterocycles. The van der Waals surface area contributed by atoms with E-state index in [1.165, 1.54) is 40.7 Å². The molecule has 0 bridgehead atoms. The van der Waals surface area contributed by atoms with Crippen LogP contribution in [0.5, 0.6) is 0 Å². The van der Waals surface area contributed by atoms with Crippen molar-refractivity contribution in [3.8, 4) is 6.07 Å². The molecule has 0 aliphatic heterocycles. The molecular formula is C29H23ClFN3O4S. The number of sulfonamides is 1. The number of hydrogen-bond donors (Lipinski definition) is 1. The van der Waals surface area contributed by atoms with Crippen LogP contribution >= 0.6 is 11.6 Å². The Morgan fingerprint density at radius 2 is 1.67 bits per heavy atom. The van der Waals surface area contributed by atoms with Gasteiger partial charge in [-0.05, 0) is 73.2 Å². The minimum absolute atomic E-state index is 0.0583. The number of nitriles is 1. The summed E-state index contributed by atoms with van der Waals surface area (Å²) in [6, 6.07) is 23.5. The van der Waals surface area contributed by atoms with Gasteiger partial charge in [-0.1, -0.05) is 41.4 Å². The number of halogens is 2. The second-order valence-electron chi connectivity index (χ2n) is 8.65.